The molecule has 38 heavy (non-hydrogen) atoms. The van der Waals surface area contributed by atoms with Crippen molar-refractivity contribution in [3.8, 4) is 11.4 Å². The average Bonchev–Trinajstić information content (AvgIpc) is 3.36. The summed E-state index contributed by atoms with van der Waals surface area (Å²) in [5, 5.41) is 9.25. The topological polar surface area (TPSA) is 111 Å². The third kappa shape index (κ3) is 6.13. The molecular formula is C29H30N8O. The van der Waals surface area contributed by atoms with Gasteiger partial charge in [0.25, 0.3) is 0 Å². The number of hydrogen-bond acceptors (Lipinski definition) is 6. The van der Waals surface area contributed by atoms with Crippen molar-refractivity contribution < 1.29 is 4.79 Å². The molecule has 0 spiro atoms. The number of imidazole rings is 1. The first-order valence-corrected chi connectivity index (χ1v) is 12.4. The van der Waals surface area contributed by atoms with Crippen LogP contribution in [0, 0.1) is 0 Å². The molecule has 0 aliphatic carbocycles. The number of fused-ring (bicyclic) bond motifs is 1. The summed E-state index contributed by atoms with van der Waals surface area (Å²) in [7, 11) is 4.00. The highest BCUT2D eigenvalue weighted by atomic mass is 16.2. The van der Waals surface area contributed by atoms with E-state index in [4.69, 9.17) is 0 Å². The fourth-order valence-corrected chi connectivity index (χ4v) is 4.18. The van der Waals surface area contributed by atoms with E-state index in [2.05, 4.69) is 40.8 Å². The monoisotopic (exact) mass is 506 g/mol. The van der Waals surface area contributed by atoms with Gasteiger partial charge in [-0.2, -0.15) is 0 Å². The quantitative estimate of drug-likeness (QED) is 0.214. The Morgan fingerprint density at radius 3 is 2.45 bits per heavy atom. The zero-order valence-electron chi connectivity index (χ0n) is 21.4. The van der Waals surface area contributed by atoms with Crippen molar-refractivity contribution in [1.29, 1.82) is 0 Å². The molecule has 2 amide bonds. The van der Waals surface area contributed by atoms with Crippen molar-refractivity contribution in [1.82, 2.24) is 24.8 Å². The molecule has 2 aromatic heterocycles. The SMILES string of the molecule is CN(C)Cc1ccccc1NC(=O)Nc1ccc(CCNc2ncnc3nc(-c4ccccc4)[nH]c23)cc1. The minimum absolute atomic E-state index is 0.271. The van der Waals surface area contributed by atoms with Crippen molar-refractivity contribution in [2.24, 2.45) is 0 Å². The Balaban J connectivity index is 1.16. The predicted octanol–water partition coefficient (Wildman–Crippen LogP) is 5.38. The molecule has 0 saturated heterocycles. The standard InChI is InChI=1S/C29H30N8O/c1-37(2)18-22-10-6-7-11-24(22)34-29(38)33-23-14-12-20(13-15-23)16-17-30-27-25-28(32-19-31-27)36-26(35-25)21-8-4-3-5-9-21/h3-15,19H,16-18H2,1-2H3,(H2,33,34,38)(H2,30,31,32,35,36). The normalized spacial score (nSPS) is 11.0. The third-order valence-corrected chi connectivity index (χ3v) is 6.01. The van der Waals surface area contributed by atoms with Gasteiger partial charge in [-0.15, -0.1) is 0 Å². The lowest BCUT2D eigenvalue weighted by Crippen LogP contribution is -2.21. The van der Waals surface area contributed by atoms with Gasteiger partial charge in [0.15, 0.2) is 11.5 Å². The number of carbonyl (C=O) groups excluding carboxylic acids is 1. The molecule has 2 heterocycles. The van der Waals surface area contributed by atoms with Crippen molar-refractivity contribution in [2.45, 2.75) is 13.0 Å². The van der Waals surface area contributed by atoms with Gasteiger partial charge in [-0.3, -0.25) is 0 Å². The van der Waals surface area contributed by atoms with E-state index in [9.17, 15) is 4.79 Å². The van der Waals surface area contributed by atoms with Crippen LogP contribution in [0.3, 0.4) is 0 Å². The number of aromatic amines is 1. The summed E-state index contributed by atoms with van der Waals surface area (Å²) in [6.07, 6.45) is 2.31. The summed E-state index contributed by atoms with van der Waals surface area (Å²) in [5.74, 6) is 1.48. The maximum Gasteiger partial charge on any atom is 0.323 e. The van der Waals surface area contributed by atoms with Crippen molar-refractivity contribution >= 4 is 34.4 Å². The molecular weight excluding hydrogens is 476 g/mol. The molecule has 0 saturated carbocycles. The van der Waals surface area contributed by atoms with Crippen LogP contribution >= 0.6 is 0 Å². The molecule has 192 valence electrons. The van der Waals surface area contributed by atoms with Gasteiger partial charge in [0.1, 0.15) is 17.7 Å². The Morgan fingerprint density at radius 2 is 1.66 bits per heavy atom. The van der Waals surface area contributed by atoms with E-state index < -0.39 is 0 Å². The van der Waals surface area contributed by atoms with E-state index in [0.717, 1.165) is 52.4 Å². The molecule has 5 rings (SSSR count). The second-order valence-corrected chi connectivity index (χ2v) is 9.22. The highest BCUT2D eigenvalue weighted by Gasteiger charge is 2.11. The molecule has 0 unspecified atom stereocenters. The zero-order valence-corrected chi connectivity index (χ0v) is 21.4. The molecule has 0 atom stereocenters. The van der Waals surface area contributed by atoms with Gasteiger partial charge in [0.2, 0.25) is 0 Å². The minimum atomic E-state index is -0.271. The van der Waals surface area contributed by atoms with E-state index in [1.54, 1.807) is 0 Å². The molecule has 9 nitrogen and oxygen atoms in total. The summed E-state index contributed by atoms with van der Waals surface area (Å²) in [5.41, 5.74) is 6.13. The smallest absolute Gasteiger partial charge is 0.323 e. The Kier molecular flexibility index (Phi) is 7.56. The maximum atomic E-state index is 12.6. The number of H-pyrrole nitrogens is 1. The van der Waals surface area contributed by atoms with Gasteiger partial charge >= 0.3 is 6.03 Å². The first kappa shape index (κ1) is 24.9. The molecule has 0 aliphatic heterocycles. The summed E-state index contributed by atoms with van der Waals surface area (Å²) < 4.78 is 0. The Morgan fingerprint density at radius 1 is 0.895 bits per heavy atom. The Hall–Kier alpha value is -4.76. The highest BCUT2D eigenvalue weighted by Crippen LogP contribution is 2.23. The van der Waals surface area contributed by atoms with Crippen LogP contribution in [0.15, 0.2) is 85.2 Å². The van der Waals surface area contributed by atoms with E-state index in [-0.39, 0.29) is 6.03 Å². The number of urea groups is 1. The van der Waals surface area contributed by atoms with Crippen LogP contribution < -0.4 is 16.0 Å². The fraction of sp³-hybridized carbons (Fsp3) is 0.172. The van der Waals surface area contributed by atoms with Crippen LogP contribution in [-0.2, 0) is 13.0 Å². The average molecular weight is 507 g/mol. The fourth-order valence-electron chi connectivity index (χ4n) is 4.18. The molecule has 0 radical (unpaired) electrons. The number of hydrogen-bond donors (Lipinski definition) is 4. The molecule has 9 heteroatoms. The van der Waals surface area contributed by atoms with Gasteiger partial charge in [-0.05, 0) is 49.8 Å². The largest absolute Gasteiger partial charge is 0.368 e. The van der Waals surface area contributed by atoms with Crippen molar-refractivity contribution in [3.05, 3.63) is 96.3 Å². The van der Waals surface area contributed by atoms with Crippen LogP contribution in [0.25, 0.3) is 22.6 Å². The third-order valence-electron chi connectivity index (χ3n) is 6.01. The predicted molar refractivity (Wildman–Crippen MR) is 152 cm³/mol. The number of nitrogens with one attached hydrogen (secondary N) is 4. The number of anilines is 3. The first-order valence-electron chi connectivity index (χ1n) is 12.4. The molecule has 5 aromatic rings. The highest BCUT2D eigenvalue weighted by molar-refractivity contribution is 6.00. The summed E-state index contributed by atoms with van der Waals surface area (Å²) in [6, 6.07) is 25.3. The van der Waals surface area contributed by atoms with Gasteiger partial charge in [-0.1, -0.05) is 60.7 Å². The number of carbonyl (C=O) groups is 1. The maximum absolute atomic E-state index is 12.6. The molecule has 0 bridgehead atoms. The van der Waals surface area contributed by atoms with Gasteiger partial charge < -0.3 is 25.8 Å². The lowest BCUT2D eigenvalue weighted by Gasteiger charge is -2.15. The summed E-state index contributed by atoms with van der Waals surface area (Å²) >= 11 is 0. The first-order chi connectivity index (χ1) is 18.5. The van der Waals surface area contributed by atoms with Crippen molar-refractivity contribution in [3.63, 3.8) is 0 Å². The second-order valence-electron chi connectivity index (χ2n) is 9.22. The zero-order chi connectivity index (χ0) is 26.3. The Labute approximate surface area is 221 Å². The summed E-state index contributed by atoms with van der Waals surface area (Å²) in [4.78, 5) is 31.3. The van der Waals surface area contributed by atoms with E-state index in [1.807, 2.05) is 93.0 Å². The van der Waals surface area contributed by atoms with Crippen LogP contribution in [0.2, 0.25) is 0 Å². The van der Waals surface area contributed by atoms with Crippen LogP contribution in [0.5, 0.6) is 0 Å². The summed E-state index contributed by atoms with van der Waals surface area (Å²) in [6.45, 7) is 1.43. The number of benzene rings is 3. The number of nitrogens with zero attached hydrogens (tertiary/aromatic N) is 4. The van der Waals surface area contributed by atoms with Crippen LogP contribution in [0.4, 0.5) is 22.0 Å². The number of aromatic nitrogens is 4. The van der Waals surface area contributed by atoms with Crippen molar-refractivity contribution in [2.75, 3.05) is 36.6 Å². The lowest BCUT2D eigenvalue weighted by atomic mass is 10.1. The second kappa shape index (κ2) is 11.5. The molecule has 4 N–H and O–H groups in total. The number of para-hydroxylation sites is 1. The van der Waals surface area contributed by atoms with E-state index >= 15 is 0 Å². The van der Waals surface area contributed by atoms with Gasteiger partial charge in [-0.25, -0.2) is 19.7 Å². The van der Waals surface area contributed by atoms with Crippen LogP contribution in [-0.4, -0.2) is 51.5 Å². The number of amides is 2. The van der Waals surface area contributed by atoms with E-state index in [0.29, 0.717) is 18.0 Å². The molecule has 0 fully saturated rings. The molecule has 3 aromatic carbocycles. The lowest BCUT2D eigenvalue weighted by molar-refractivity contribution is 0.262. The van der Waals surface area contributed by atoms with E-state index in [1.165, 1.54) is 6.33 Å². The Bertz CT molecular complexity index is 1510. The van der Waals surface area contributed by atoms with Crippen LogP contribution in [0.1, 0.15) is 11.1 Å². The number of rotatable bonds is 9. The van der Waals surface area contributed by atoms with Gasteiger partial charge in [0.05, 0.1) is 0 Å². The molecule has 0 aliphatic rings. The van der Waals surface area contributed by atoms with Gasteiger partial charge in [0, 0.05) is 30.0 Å². The minimum Gasteiger partial charge on any atom is -0.368 e.